The van der Waals surface area contributed by atoms with Crippen LogP contribution in [-0.4, -0.2) is 24.5 Å². The van der Waals surface area contributed by atoms with Gasteiger partial charge in [0, 0.05) is 11.0 Å². The third-order valence-corrected chi connectivity index (χ3v) is 3.57. The molecule has 1 aromatic carbocycles. The highest BCUT2D eigenvalue weighted by Gasteiger charge is 2.07. The second kappa shape index (κ2) is 7.74. The molecule has 0 fully saturated rings. The number of carbonyl (C=O) groups is 1. The van der Waals surface area contributed by atoms with E-state index in [4.69, 9.17) is 0 Å². The molecule has 0 spiro atoms. The quantitative estimate of drug-likeness (QED) is 0.817. The Balaban J connectivity index is 2.33. The van der Waals surface area contributed by atoms with Crippen molar-refractivity contribution in [2.24, 2.45) is 0 Å². The molecule has 0 aliphatic rings. The summed E-state index contributed by atoms with van der Waals surface area (Å²) in [5.41, 5.74) is 0.701. The summed E-state index contributed by atoms with van der Waals surface area (Å²) in [5.74, 6) is 1.15. The maximum absolute atomic E-state index is 11.8. The SMILES string of the molecule is CSCCCCNC(=O)c1ccccc1Br. The molecule has 1 amide bonds. The Hall–Kier alpha value is -0.480. The van der Waals surface area contributed by atoms with Crippen molar-refractivity contribution in [3.63, 3.8) is 0 Å². The molecule has 0 aliphatic carbocycles. The van der Waals surface area contributed by atoms with Crippen LogP contribution in [0.4, 0.5) is 0 Å². The van der Waals surface area contributed by atoms with Gasteiger partial charge in [-0.1, -0.05) is 12.1 Å². The van der Waals surface area contributed by atoms with Gasteiger partial charge in [0.25, 0.3) is 5.91 Å². The number of rotatable bonds is 6. The first-order valence-electron chi connectivity index (χ1n) is 5.27. The fourth-order valence-electron chi connectivity index (χ4n) is 1.31. The first-order valence-corrected chi connectivity index (χ1v) is 7.46. The van der Waals surface area contributed by atoms with E-state index in [9.17, 15) is 4.79 Å². The van der Waals surface area contributed by atoms with Gasteiger partial charge in [-0.15, -0.1) is 0 Å². The summed E-state index contributed by atoms with van der Waals surface area (Å²) >= 11 is 5.21. The van der Waals surface area contributed by atoms with Crippen molar-refractivity contribution in [3.8, 4) is 0 Å². The van der Waals surface area contributed by atoms with E-state index in [1.165, 1.54) is 0 Å². The predicted octanol–water partition coefficient (Wildman–Crippen LogP) is 3.32. The van der Waals surface area contributed by atoms with Crippen LogP contribution in [0.2, 0.25) is 0 Å². The Bertz CT molecular complexity index is 344. The van der Waals surface area contributed by atoms with Crippen LogP contribution < -0.4 is 5.32 Å². The third kappa shape index (κ3) is 4.58. The molecule has 0 bridgehead atoms. The van der Waals surface area contributed by atoms with Gasteiger partial charge in [-0.05, 0) is 52.9 Å². The van der Waals surface area contributed by atoms with E-state index < -0.39 is 0 Å². The molecule has 0 saturated carbocycles. The molecule has 0 radical (unpaired) electrons. The zero-order chi connectivity index (χ0) is 11.8. The molecule has 0 atom stereocenters. The van der Waals surface area contributed by atoms with E-state index in [0.29, 0.717) is 5.56 Å². The number of unbranched alkanes of at least 4 members (excludes halogenated alkanes) is 1. The van der Waals surface area contributed by atoms with Crippen LogP contribution >= 0.6 is 27.7 Å². The summed E-state index contributed by atoms with van der Waals surface area (Å²) < 4.78 is 0.844. The first kappa shape index (κ1) is 13.6. The molecular formula is C12H16BrNOS. The lowest BCUT2D eigenvalue weighted by molar-refractivity contribution is 0.0952. The molecule has 0 heterocycles. The van der Waals surface area contributed by atoms with Gasteiger partial charge >= 0.3 is 0 Å². The second-order valence-electron chi connectivity index (χ2n) is 3.44. The largest absolute Gasteiger partial charge is 0.352 e. The van der Waals surface area contributed by atoms with Crippen molar-refractivity contribution < 1.29 is 4.79 Å². The fourth-order valence-corrected chi connectivity index (χ4v) is 2.27. The molecule has 0 aliphatic heterocycles. The first-order chi connectivity index (χ1) is 7.75. The smallest absolute Gasteiger partial charge is 0.252 e. The second-order valence-corrected chi connectivity index (χ2v) is 5.28. The molecule has 4 heteroatoms. The van der Waals surface area contributed by atoms with Gasteiger partial charge in [0.1, 0.15) is 0 Å². The molecule has 0 unspecified atom stereocenters. The highest BCUT2D eigenvalue weighted by molar-refractivity contribution is 9.10. The van der Waals surface area contributed by atoms with Gasteiger partial charge in [0.15, 0.2) is 0 Å². The molecule has 1 rings (SSSR count). The van der Waals surface area contributed by atoms with Crippen LogP contribution in [0.5, 0.6) is 0 Å². The topological polar surface area (TPSA) is 29.1 Å². The molecule has 1 aromatic rings. The number of hydrogen-bond acceptors (Lipinski definition) is 2. The van der Waals surface area contributed by atoms with Crippen molar-refractivity contribution in [3.05, 3.63) is 34.3 Å². The molecule has 0 aromatic heterocycles. The summed E-state index contributed by atoms with van der Waals surface area (Å²) in [6.07, 6.45) is 4.29. The van der Waals surface area contributed by atoms with Crippen LogP contribution in [0.3, 0.4) is 0 Å². The highest BCUT2D eigenvalue weighted by Crippen LogP contribution is 2.15. The average Bonchev–Trinajstić information content (AvgIpc) is 2.29. The van der Waals surface area contributed by atoms with Gasteiger partial charge in [0.05, 0.1) is 5.56 Å². The maximum atomic E-state index is 11.8. The number of benzene rings is 1. The van der Waals surface area contributed by atoms with Crippen LogP contribution in [0.25, 0.3) is 0 Å². The van der Waals surface area contributed by atoms with Crippen LogP contribution in [0, 0.1) is 0 Å². The van der Waals surface area contributed by atoms with Crippen molar-refractivity contribution >= 4 is 33.6 Å². The molecule has 88 valence electrons. The van der Waals surface area contributed by atoms with Gasteiger partial charge in [-0.2, -0.15) is 11.8 Å². The summed E-state index contributed by atoms with van der Waals surface area (Å²) in [6, 6.07) is 7.47. The van der Waals surface area contributed by atoms with E-state index in [1.54, 1.807) is 0 Å². The summed E-state index contributed by atoms with van der Waals surface area (Å²) in [5, 5.41) is 2.92. The van der Waals surface area contributed by atoms with Crippen molar-refractivity contribution in [1.82, 2.24) is 5.32 Å². The Kier molecular flexibility index (Phi) is 6.57. The number of nitrogens with one attached hydrogen (secondary N) is 1. The van der Waals surface area contributed by atoms with Crippen LogP contribution in [0.15, 0.2) is 28.7 Å². The minimum atomic E-state index is -0.00312. The lowest BCUT2D eigenvalue weighted by atomic mass is 10.2. The molecule has 2 nitrogen and oxygen atoms in total. The number of thioether (sulfide) groups is 1. The number of carbonyl (C=O) groups excluding carboxylic acids is 1. The van der Waals surface area contributed by atoms with Gasteiger partial charge in [-0.3, -0.25) is 4.79 Å². The normalized spacial score (nSPS) is 10.1. The van der Waals surface area contributed by atoms with E-state index >= 15 is 0 Å². The van der Waals surface area contributed by atoms with Gasteiger partial charge in [-0.25, -0.2) is 0 Å². The summed E-state index contributed by atoms with van der Waals surface area (Å²) in [4.78, 5) is 11.8. The maximum Gasteiger partial charge on any atom is 0.252 e. The van der Waals surface area contributed by atoms with Crippen molar-refractivity contribution in [2.75, 3.05) is 18.6 Å². The monoisotopic (exact) mass is 301 g/mol. The standard InChI is InChI=1S/C12H16BrNOS/c1-16-9-5-4-8-14-12(15)10-6-2-3-7-11(10)13/h2-3,6-7H,4-5,8-9H2,1H3,(H,14,15). The summed E-state index contributed by atoms with van der Waals surface area (Å²) in [7, 11) is 0. The Morgan fingerprint density at radius 1 is 1.38 bits per heavy atom. The lowest BCUT2D eigenvalue weighted by Crippen LogP contribution is -2.24. The molecule has 1 N–H and O–H groups in total. The average molecular weight is 302 g/mol. The number of amides is 1. The summed E-state index contributed by atoms with van der Waals surface area (Å²) in [6.45, 7) is 0.751. The van der Waals surface area contributed by atoms with E-state index in [1.807, 2.05) is 36.0 Å². The lowest BCUT2D eigenvalue weighted by Gasteiger charge is -2.06. The van der Waals surface area contributed by atoms with Gasteiger partial charge < -0.3 is 5.32 Å². The fraction of sp³-hybridized carbons (Fsp3) is 0.417. The van der Waals surface area contributed by atoms with E-state index in [2.05, 4.69) is 27.5 Å². The van der Waals surface area contributed by atoms with E-state index in [0.717, 1.165) is 29.6 Å². The third-order valence-electron chi connectivity index (χ3n) is 2.18. The predicted molar refractivity (Wildman–Crippen MR) is 74.1 cm³/mol. The van der Waals surface area contributed by atoms with Crippen LogP contribution in [-0.2, 0) is 0 Å². The molecule has 16 heavy (non-hydrogen) atoms. The zero-order valence-electron chi connectivity index (χ0n) is 9.33. The minimum Gasteiger partial charge on any atom is -0.352 e. The Labute approximate surface area is 109 Å². The zero-order valence-corrected chi connectivity index (χ0v) is 11.7. The Morgan fingerprint density at radius 2 is 2.12 bits per heavy atom. The Morgan fingerprint density at radius 3 is 2.81 bits per heavy atom. The molecular weight excluding hydrogens is 286 g/mol. The van der Waals surface area contributed by atoms with E-state index in [-0.39, 0.29) is 5.91 Å². The molecule has 0 saturated heterocycles. The highest BCUT2D eigenvalue weighted by atomic mass is 79.9. The number of halogens is 1. The van der Waals surface area contributed by atoms with Crippen molar-refractivity contribution in [2.45, 2.75) is 12.8 Å². The van der Waals surface area contributed by atoms with Crippen molar-refractivity contribution in [1.29, 1.82) is 0 Å². The van der Waals surface area contributed by atoms with Gasteiger partial charge in [0.2, 0.25) is 0 Å². The minimum absolute atomic E-state index is 0.00312. The van der Waals surface area contributed by atoms with Crippen LogP contribution in [0.1, 0.15) is 23.2 Å². The number of hydrogen-bond donors (Lipinski definition) is 1.